The first-order valence-electron chi connectivity index (χ1n) is 16.0. The van der Waals surface area contributed by atoms with Crippen molar-refractivity contribution >= 4 is 17.6 Å². The van der Waals surface area contributed by atoms with Crippen LogP contribution in [0, 0.1) is 10.1 Å². The molecule has 0 radical (unpaired) electrons. The van der Waals surface area contributed by atoms with Crippen molar-refractivity contribution in [2.75, 3.05) is 25.4 Å². The van der Waals surface area contributed by atoms with E-state index in [0.29, 0.717) is 35.4 Å². The van der Waals surface area contributed by atoms with Gasteiger partial charge in [-0.2, -0.15) is 5.06 Å². The SMILES string of the molecule is CCOC(=O)c1c(O)nnn1C(Cc1ccc(OC)cc1)c1ccc(N(OCC(CCc2ccccc2)[N+](=O)[O-])C(=O)c2ccccc2)cc1. The van der Waals surface area contributed by atoms with Gasteiger partial charge in [-0.1, -0.05) is 83.1 Å². The van der Waals surface area contributed by atoms with Crippen molar-refractivity contribution in [1.82, 2.24) is 15.0 Å². The molecule has 2 atom stereocenters. The molecule has 1 amide bonds. The highest BCUT2D eigenvalue weighted by Crippen LogP contribution is 2.30. The lowest BCUT2D eigenvalue weighted by molar-refractivity contribution is -0.527. The minimum Gasteiger partial charge on any atom is -0.497 e. The maximum atomic E-state index is 13.7. The van der Waals surface area contributed by atoms with E-state index >= 15 is 0 Å². The number of ether oxygens (including phenoxy) is 2. The van der Waals surface area contributed by atoms with Crippen molar-refractivity contribution in [3.8, 4) is 11.6 Å². The highest BCUT2D eigenvalue weighted by molar-refractivity contribution is 6.04. The second kappa shape index (κ2) is 16.8. The zero-order valence-corrected chi connectivity index (χ0v) is 27.6. The number of nitro groups is 1. The van der Waals surface area contributed by atoms with Crippen molar-refractivity contribution in [2.45, 2.75) is 38.3 Å². The van der Waals surface area contributed by atoms with Gasteiger partial charge in [0.25, 0.3) is 11.8 Å². The number of benzene rings is 4. The predicted molar refractivity (Wildman–Crippen MR) is 184 cm³/mol. The molecule has 5 rings (SSSR count). The summed E-state index contributed by atoms with van der Waals surface area (Å²) in [5.74, 6) is -1.20. The summed E-state index contributed by atoms with van der Waals surface area (Å²) in [5.41, 5.74) is 2.92. The number of aromatic hydroxyl groups is 1. The van der Waals surface area contributed by atoms with Crippen molar-refractivity contribution in [2.24, 2.45) is 0 Å². The monoisotopic (exact) mass is 679 g/mol. The highest BCUT2D eigenvalue weighted by atomic mass is 16.7. The molecule has 2 unspecified atom stereocenters. The van der Waals surface area contributed by atoms with E-state index in [9.17, 15) is 24.8 Å². The molecule has 4 aromatic carbocycles. The zero-order valence-electron chi connectivity index (χ0n) is 27.6. The number of hydrogen-bond donors (Lipinski definition) is 1. The van der Waals surface area contributed by atoms with Gasteiger partial charge >= 0.3 is 5.97 Å². The lowest BCUT2D eigenvalue weighted by Gasteiger charge is -2.24. The number of aromatic nitrogens is 3. The highest BCUT2D eigenvalue weighted by Gasteiger charge is 2.29. The van der Waals surface area contributed by atoms with Crippen LogP contribution in [-0.4, -0.2) is 63.3 Å². The molecule has 0 aliphatic carbocycles. The van der Waals surface area contributed by atoms with Crippen LogP contribution >= 0.6 is 0 Å². The maximum absolute atomic E-state index is 13.7. The van der Waals surface area contributed by atoms with Gasteiger partial charge < -0.3 is 14.6 Å². The Kier molecular flexibility index (Phi) is 11.9. The molecule has 5 aromatic rings. The lowest BCUT2D eigenvalue weighted by Crippen LogP contribution is -2.36. The molecule has 1 aromatic heterocycles. The summed E-state index contributed by atoms with van der Waals surface area (Å²) in [6.07, 6.45) is 1.01. The van der Waals surface area contributed by atoms with Crippen LogP contribution in [-0.2, 0) is 22.4 Å². The fourth-order valence-corrected chi connectivity index (χ4v) is 5.39. The number of carbonyl (C=O) groups excluding carboxylic acids is 2. The number of hydroxylamine groups is 1. The van der Waals surface area contributed by atoms with Crippen LogP contribution in [0.1, 0.15) is 56.9 Å². The Morgan fingerprint density at radius 1 is 0.920 bits per heavy atom. The van der Waals surface area contributed by atoms with Crippen molar-refractivity contribution in [3.05, 3.63) is 147 Å². The van der Waals surface area contributed by atoms with Crippen LogP contribution in [0.3, 0.4) is 0 Å². The number of esters is 1. The molecule has 0 aliphatic rings. The number of amides is 1. The van der Waals surface area contributed by atoms with Crippen LogP contribution in [0.4, 0.5) is 5.69 Å². The van der Waals surface area contributed by atoms with Gasteiger partial charge in [-0.05, 0) is 72.9 Å². The summed E-state index contributed by atoms with van der Waals surface area (Å²) < 4.78 is 11.8. The third-order valence-corrected chi connectivity index (χ3v) is 8.05. The smallest absolute Gasteiger partial charge is 0.362 e. The van der Waals surface area contributed by atoms with Gasteiger partial charge in [-0.15, -0.1) is 0 Å². The van der Waals surface area contributed by atoms with Crippen molar-refractivity contribution < 1.29 is 33.9 Å². The predicted octanol–water partition coefficient (Wildman–Crippen LogP) is 5.86. The maximum Gasteiger partial charge on any atom is 0.362 e. The van der Waals surface area contributed by atoms with Gasteiger partial charge in [0.2, 0.25) is 11.7 Å². The third-order valence-electron chi connectivity index (χ3n) is 8.05. The van der Waals surface area contributed by atoms with Gasteiger partial charge in [0.15, 0.2) is 0 Å². The Labute approximate surface area is 288 Å². The lowest BCUT2D eigenvalue weighted by atomic mass is 9.98. The summed E-state index contributed by atoms with van der Waals surface area (Å²) in [7, 11) is 1.57. The Morgan fingerprint density at radius 2 is 1.58 bits per heavy atom. The van der Waals surface area contributed by atoms with E-state index in [2.05, 4.69) is 10.3 Å². The number of hydrogen-bond acceptors (Lipinski definition) is 10. The fraction of sp³-hybridized carbons (Fsp3) is 0.243. The first-order chi connectivity index (χ1) is 24.3. The van der Waals surface area contributed by atoms with Crippen LogP contribution in [0.2, 0.25) is 0 Å². The molecule has 13 heteroatoms. The van der Waals surface area contributed by atoms with E-state index in [1.807, 2.05) is 54.6 Å². The van der Waals surface area contributed by atoms with Gasteiger partial charge in [-0.25, -0.2) is 9.48 Å². The van der Waals surface area contributed by atoms with E-state index in [0.717, 1.165) is 16.2 Å². The number of carbonyl (C=O) groups is 2. The minimum absolute atomic E-state index is 0.0795. The molecule has 13 nitrogen and oxygen atoms in total. The molecule has 258 valence electrons. The molecule has 50 heavy (non-hydrogen) atoms. The van der Waals surface area contributed by atoms with Crippen LogP contribution in [0.25, 0.3) is 0 Å². The summed E-state index contributed by atoms with van der Waals surface area (Å²) >= 11 is 0. The molecule has 1 heterocycles. The number of nitrogens with zero attached hydrogens (tertiary/aromatic N) is 5. The second-order valence-electron chi connectivity index (χ2n) is 11.3. The van der Waals surface area contributed by atoms with Crippen molar-refractivity contribution in [1.29, 1.82) is 0 Å². The van der Waals surface area contributed by atoms with E-state index in [1.165, 1.54) is 4.68 Å². The number of rotatable bonds is 16. The van der Waals surface area contributed by atoms with E-state index in [-0.39, 0.29) is 25.3 Å². The summed E-state index contributed by atoms with van der Waals surface area (Å²) in [4.78, 5) is 44.2. The molecular formula is C37H37N5O8. The van der Waals surface area contributed by atoms with E-state index < -0.39 is 34.8 Å². The normalized spacial score (nSPS) is 12.1. The standard InChI is InChI=1S/C37H37N5O8/c1-3-49-37(45)34-35(43)38-39-40(34)33(24-27-15-22-32(48-2)23-16-27)28-17-20-30(21-18-28)41(36(44)29-12-8-5-9-13-29)50-25-31(42(46)47)19-14-26-10-6-4-7-11-26/h4-13,15-18,20-23,31,33,43H,3,14,19,24-25H2,1-2H3. The van der Waals surface area contributed by atoms with Gasteiger partial charge in [0, 0.05) is 16.9 Å². The first kappa shape index (κ1) is 35.2. The van der Waals surface area contributed by atoms with E-state index in [4.69, 9.17) is 14.3 Å². The molecule has 0 aliphatic heterocycles. The van der Waals surface area contributed by atoms with Gasteiger partial charge in [0.1, 0.15) is 12.4 Å². The Morgan fingerprint density at radius 3 is 2.20 bits per heavy atom. The summed E-state index contributed by atoms with van der Waals surface area (Å²) in [6, 6.07) is 30.3. The molecule has 1 N–H and O–H groups in total. The molecule has 0 spiro atoms. The molecular weight excluding hydrogens is 642 g/mol. The van der Waals surface area contributed by atoms with Gasteiger partial charge in [0.05, 0.1) is 25.4 Å². The number of anilines is 1. The topological polar surface area (TPSA) is 159 Å². The fourth-order valence-electron chi connectivity index (χ4n) is 5.39. The van der Waals surface area contributed by atoms with Gasteiger partial charge in [-0.3, -0.25) is 19.7 Å². The Balaban J connectivity index is 1.46. The molecule has 0 fully saturated rings. The number of aryl methyl sites for hydroxylation is 1. The third kappa shape index (κ3) is 8.68. The minimum atomic E-state index is -1.07. The van der Waals surface area contributed by atoms with E-state index in [1.54, 1.807) is 68.6 Å². The first-order valence-corrected chi connectivity index (χ1v) is 16.0. The molecule has 0 saturated heterocycles. The average molecular weight is 680 g/mol. The van der Waals surface area contributed by atoms with Crippen LogP contribution in [0.15, 0.2) is 109 Å². The number of methoxy groups -OCH3 is 1. The summed E-state index contributed by atoms with van der Waals surface area (Å²) in [5, 5.41) is 31.4. The summed E-state index contributed by atoms with van der Waals surface area (Å²) in [6.45, 7) is 1.38. The zero-order chi connectivity index (χ0) is 35.5. The van der Waals surface area contributed by atoms with Crippen LogP contribution in [0.5, 0.6) is 11.6 Å². The molecule has 0 saturated carbocycles. The second-order valence-corrected chi connectivity index (χ2v) is 11.3. The molecule has 0 bridgehead atoms. The van der Waals surface area contributed by atoms with Crippen LogP contribution < -0.4 is 9.80 Å². The quantitative estimate of drug-likeness (QED) is 0.0761. The van der Waals surface area contributed by atoms with Crippen molar-refractivity contribution in [3.63, 3.8) is 0 Å². The average Bonchev–Trinajstić information content (AvgIpc) is 3.53. The Hall–Kier alpha value is -6.08. The Bertz CT molecular complexity index is 1870. The largest absolute Gasteiger partial charge is 0.497 e.